The first kappa shape index (κ1) is 15.6. The Morgan fingerprint density at radius 1 is 1.16 bits per heavy atom. The average molecular weight is 352 g/mol. The van der Waals surface area contributed by atoms with E-state index in [-0.39, 0.29) is 0 Å². The van der Waals surface area contributed by atoms with Crippen molar-refractivity contribution in [2.45, 2.75) is 6.92 Å². The van der Waals surface area contributed by atoms with Crippen molar-refractivity contribution in [2.24, 2.45) is 5.10 Å². The van der Waals surface area contributed by atoms with Crippen LogP contribution >= 0.6 is 12.2 Å². The minimum Gasteiger partial charge on any atom is -0.486 e. The lowest BCUT2D eigenvalue weighted by molar-refractivity contribution is 0.171. The van der Waals surface area contributed by atoms with Crippen LogP contribution in [0.2, 0.25) is 0 Å². The molecule has 0 fully saturated rings. The summed E-state index contributed by atoms with van der Waals surface area (Å²) in [6.07, 6.45) is 1.73. The molecular formula is C18H16N4O2S. The van der Waals surface area contributed by atoms with E-state index in [1.165, 1.54) is 0 Å². The first-order valence-corrected chi connectivity index (χ1v) is 8.30. The number of nitrogens with one attached hydrogen (secondary N) is 1. The van der Waals surface area contributed by atoms with Gasteiger partial charge in [-0.15, -0.1) is 0 Å². The molecule has 0 unspecified atom stereocenters. The average Bonchev–Trinajstić information content (AvgIpc) is 3.00. The van der Waals surface area contributed by atoms with Crippen molar-refractivity contribution in [3.8, 4) is 22.9 Å². The largest absolute Gasteiger partial charge is 0.486 e. The number of fused-ring (bicyclic) bond motifs is 1. The summed E-state index contributed by atoms with van der Waals surface area (Å²) in [5.41, 5.74) is 2.98. The number of nitrogens with zero attached hydrogens (tertiary/aromatic N) is 3. The van der Waals surface area contributed by atoms with E-state index in [1.54, 1.807) is 10.9 Å². The monoisotopic (exact) mass is 352 g/mol. The summed E-state index contributed by atoms with van der Waals surface area (Å²) in [6, 6.07) is 13.7. The quantitative estimate of drug-likeness (QED) is 0.578. The molecule has 7 heteroatoms. The van der Waals surface area contributed by atoms with Gasteiger partial charge in [0.2, 0.25) is 4.77 Å². The highest BCUT2D eigenvalue weighted by Crippen LogP contribution is 2.30. The van der Waals surface area contributed by atoms with Gasteiger partial charge in [-0.3, -0.25) is 0 Å². The molecule has 0 spiro atoms. The Labute approximate surface area is 149 Å². The highest BCUT2D eigenvalue weighted by atomic mass is 32.1. The minimum absolute atomic E-state index is 0.437. The van der Waals surface area contributed by atoms with Crippen LogP contribution in [0.25, 0.3) is 11.4 Å². The molecular weight excluding hydrogens is 336 g/mol. The Morgan fingerprint density at radius 2 is 1.96 bits per heavy atom. The van der Waals surface area contributed by atoms with Crippen molar-refractivity contribution in [3.63, 3.8) is 0 Å². The van der Waals surface area contributed by atoms with Gasteiger partial charge in [0.1, 0.15) is 13.2 Å². The first-order valence-electron chi connectivity index (χ1n) is 7.90. The van der Waals surface area contributed by atoms with Gasteiger partial charge in [0, 0.05) is 5.56 Å². The van der Waals surface area contributed by atoms with E-state index < -0.39 is 0 Å². The van der Waals surface area contributed by atoms with Gasteiger partial charge in [-0.1, -0.05) is 24.3 Å². The molecule has 25 heavy (non-hydrogen) atoms. The Balaban J connectivity index is 1.70. The molecule has 1 aliphatic heterocycles. The lowest BCUT2D eigenvalue weighted by atomic mass is 10.1. The van der Waals surface area contributed by atoms with E-state index >= 15 is 0 Å². The lowest BCUT2D eigenvalue weighted by Gasteiger charge is -2.18. The zero-order valence-electron chi connectivity index (χ0n) is 13.6. The predicted molar refractivity (Wildman–Crippen MR) is 98.0 cm³/mol. The summed E-state index contributed by atoms with van der Waals surface area (Å²) in [5.74, 6) is 2.16. The standard InChI is InChI=1S/C18H16N4O2S/c1-12-4-2-3-5-14(12)17-20-21-18(25)22(17)19-11-13-6-7-15-16(10-13)24-9-8-23-15/h2-7,10-11H,8-9H2,1H3,(H,21,25)/b19-11-. The van der Waals surface area contributed by atoms with Crippen LogP contribution in [0.5, 0.6) is 11.5 Å². The fourth-order valence-electron chi connectivity index (χ4n) is 2.66. The molecule has 1 aliphatic rings. The van der Waals surface area contributed by atoms with Gasteiger partial charge in [-0.25, -0.2) is 5.10 Å². The maximum absolute atomic E-state index is 5.60. The fourth-order valence-corrected chi connectivity index (χ4v) is 2.84. The second-order valence-electron chi connectivity index (χ2n) is 5.63. The van der Waals surface area contributed by atoms with Gasteiger partial charge >= 0.3 is 0 Å². The minimum atomic E-state index is 0.437. The van der Waals surface area contributed by atoms with Gasteiger partial charge in [0.15, 0.2) is 17.3 Å². The highest BCUT2D eigenvalue weighted by Gasteiger charge is 2.12. The molecule has 0 atom stereocenters. The summed E-state index contributed by atoms with van der Waals surface area (Å²) >= 11 is 5.32. The van der Waals surface area contributed by atoms with E-state index in [4.69, 9.17) is 21.7 Å². The Morgan fingerprint density at radius 3 is 2.80 bits per heavy atom. The molecule has 0 saturated carbocycles. The normalized spacial score (nSPS) is 13.3. The number of rotatable bonds is 3. The van der Waals surface area contributed by atoms with E-state index in [9.17, 15) is 0 Å². The first-order chi connectivity index (χ1) is 12.2. The summed E-state index contributed by atoms with van der Waals surface area (Å²) in [4.78, 5) is 0. The SMILES string of the molecule is Cc1ccccc1-c1n[nH]c(=S)n1/N=C\c1ccc2c(c1)OCCO2. The number of aromatic nitrogens is 3. The molecule has 1 aromatic heterocycles. The van der Waals surface area contributed by atoms with Crippen LogP contribution in [0.15, 0.2) is 47.6 Å². The summed E-state index contributed by atoms with van der Waals surface area (Å²) in [6.45, 7) is 3.16. The third-order valence-corrected chi connectivity index (χ3v) is 4.19. The van der Waals surface area contributed by atoms with Crippen molar-refractivity contribution in [1.82, 2.24) is 14.9 Å². The summed E-state index contributed by atoms with van der Waals surface area (Å²) in [7, 11) is 0. The zero-order valence-corrected chi connectivity index (χ0v) is 14.4. The Kier molecular flexibility index (Phi) is 4.07. The number of aromatic amines is 1. The summed E-state index contributed by atoms with van der Waals surface area (Å²) in [5, 5.41) is 11.6. The van der Waals surface area contributed by atoms with Crippen molar-refractivity contribution < 1.29 is 9.47 Å². The maximum Gasteiger partial charge on any atom is 0.216 e. The smallest absolute Gasteiger partial charge is 0.216 e. The molecule has 0 amide bonds. The second kappa shape index (κ2) is 6.52. The number of aryl methyl sites for hydroxylation is 1. The van der Waals surface area contributed by atoms with E-state index in [0.29, 0.717) is 23.8 Å². The molecule has 0 saturated heterocycles. The maximum atomic E-state index is 5.60. The molecule has 3 aromatic rings. The zero-order chi connectivity index (χ0) is 17.2. The van der Waals surface area contributed by atoms with Crippen LogP contribution in [-0.2, 0) is 0 Å². The number of ether oxygens (including phenoxy) is 2. The molecule has 1 N–H and O–H groups in total. The topological polar surface area (TPSA) is 64.4 Å². The lowest BCUT2D eigenvalue weighted by Crippen LogP contribution is -2.15. The van der Waals surface area contributed by atoms with Crippen LogP contribution in [0.1, 0.15) is 11.1 Å². The third-order valence-electron chi connectivity index (χ3n) is 3.92. The van der Waals surface area contributed by atoms with Gasteiger partial charge in [0.25, 0.3) is 0 Å². The number of benzene rings is 2. The molecule has 2 aromatic carbocycles. The predicted octanol–water partition coefficient (Wildman–Crippen LogP) is 3.57. The van der Waals surface area contributed by atoms with Crippen molar-refractivity contribution >= 4 is 18.4 Å². The molecule has 2 heterocycles. The Hall–Kier alpha value is -2.93. The van der Waals surface area contributed by atoms with Crippen molar-refractivity contribution in [1.29, 1.82) is 0 Å². The van der Waals surface area contributed by atoms with Crippen molar-refractivity contribution in [3.05, 3.63) is 58.4 Å². The van der Waals surface area contributed by atoms with Crippen LogP contribution < -0.4 is 9.47 Å². The highest BCUT2D eigenvalue weighted by molar-refractivity contribution is 7.71. The molecule has 4 rings (SSSR count). The van der Waals surface area contributed by atoms with Gasteiger partial charge in [-0.05, 0) is 48.5 Å². The van der Waals surface area contributed by atoms with Crippen molar-refractivity contribution in [2.75, 3.05) is 13.2 Å². The number of H-pyrrole nitrogens is 1. The molecule has 6 nitrogen and oxygen atoms in total. The van der Waals surface area contributed by atoms with Gasteiger partial charge in [0.05, 0.1) is 6.21 Å². The van der Waals surface area contributed by atoms with Crippen LogP contribution in [0.3, 0.4) is 0 Å². The second-order valence-corrected chi connectivity index (χ2v) is 6.01. The van der Waals surface area contributed by atoms with Gasteiger partial charge in [-0.2, -0.15) is 14.9 Å². The van der Waals surface area contributed by atoms with Crippen LogP contribution in [0, 0.1) is 11.7 Å². The van der Waals surface area contributed by atoms with E-state index in [2.05, 4.69) is 15.3 Å². The third kappa shape index (κ3) is 3.06. The summed E-state index contributed by atoms with van der Waals surface area (Å²) < 4.78 is 13.2. The van der Waals surface area contributed by atoms with E-state index in [0.717, 1.165) is 28.2 Å². The molecule has 126 valence electrons. The fraction of sp³-hybridized carbons (Fsp3) is 0.167. The van der Waals surface area contributed by atoms with Crippen LogP contribution in [-0.4, -0.2) is 34.3 Å². The number of hydrogen-bond acceptors (Lipinski definition) is 5. The Bertz CT molecular complexity index is 1010. The van der Waals surface area contributed by atoms with Gasteiger partial charge < -0.3 is 9.47 Å². The van der Waals surface area contributed by atoms with E-state index in [1.807, 2.05) is 49.4 Å². The molecule has 0 aliphatic carbocycles. The van der Waals surface area contributed by atoms with Crippen LogP contribution in [0.4, 0.5) is 0 Å². The molecule has 0 bridgehead atoms. The number of hydrogen-bond donors (Lipinski definition) is 1. The molecule has 0 radical (unpaired) electrons.